The highest BCUT2D eigenvalue weighted by Gasteiger charge is 2.19. The molecule has 0 aromatic heterocycles. The topological polar surface area (TPSA) is 58.3 Å². The van der Waals surface area contributed by atoms with Crippen LogP contribution in [0.15, 0.2) is 12.1 Å². The van der Waals surface area contributed by atoms with E-state index in [0.717, 1.165) is 12.8 Å². The Balaban J connectivity index is 2.73. The molecule has 1 unspecified atom stereocenters. The van der Waals surface area contributed by atoms with Crippen LogP contribution in [0.3, 0.4) is 0 Å². The zero-order chi connectivity index (χ0) is 13.1. The average molecular weight is 277 g/mol. The van der Waals surface area contributed by atoms with Gasteiger partial charge >= 0.3 is 0 Å². The van der Waals surface area contributed by atoms with Crippen molar-refractivity contribution >= 4 is 34.6 Å². The maximum absolute atomic E-state index is 10.0. The Kier molecular flexibility index (Phi) is 4.92. The Morgan fingerprint density at radius 2 is 1.94 bits per heavy atom. The third-order valence-corrected chi connectivity index (χ3v) is 3.26. The van der Waals surface area contributed by atoms with Crippen LogP contribution in [0.1, 0.15) is 26.7 Å². The molecule has 1 aromatic carbocycles. The summed E-state index contributed by atoms with van der Waals surface area (Å²) in [5.74, 6) is 0. The molecule has 5 heteroatoms. The van der Waals surface area contributed by atoms with E-state index in [9.17, 15) is 5.11 Å². The zero-order valence-electron chi connectivity index (χ0n) is 10.1. The molecule has 0 spiro atoms. The molecule has 0 saturated heterocycles. The summed E-state index contributed by atoms with van der Waals surface area (Å²) in [6.45, 7) is 4.24. The predicted octanol–water partition coefficient (Wildman–Crippen LogP) is 3.54. The first kappa shape index (κ1) is 14.4. The highest BCUT2D eigenvalue weighted by atomic mass is 35.5. The summed E-state index contributed by atoms with van der Waals surface area (Å²) in [6.07, 6.45) is 1.65. The van der Waals surface area contributed by atoms with E-state index in [1.807, 2.05) is 6.92 Å². The van der Waals surface area contributed by atoms with Crippen LogP contribution >= 0.6 is 23.2 Å². The van der Waals surface area contributed by atoms with Gasteiger partial charge in [0.05, 0.1) is 27.0 Å². The fourth-order valence-electron chi connectivity index (χ4n) is 1.63. The second kappa shape index (κ2) is 5.80. The molecule has 0 bridgehead atoms. The second-order valence-corrected chi connectivity index (χ2v) is 5.27. The van der Waals surface area contributed by atoms with Crippen molar-refractivity contribution in [1.29, 1.82) is 0 Å². The van der Waals surface area contributed by atoms with Crippen LogP contribution in [0.2, 0.25) is 10.0 Å². The lowest BCUT2D eigenvalue weighted by molar-refractivity contribution is 0.0637. The van der Waals surface area contributed by atoms with Gasteiger partial charge in [0.25, 0.3) is 0 Å². The monoisotopic (exact) mass is 276 g/mol. The van der Waals surface area contributed by atoms with Gasteiger partial charge in [-0.1, -0.05) is 36.5 Å². The number of hydrogen-bond acceptors (Lipinski definition) is 3. The third kappa shape index (κ3) is 4.26. The molecule has 0 saturated carbocycles. The predicted molar refractivity (Wildman–Crippen MR) is 74.9 cm³/mol. The summed E-state index contributed by atoms with van der Waals surface area (Å²) in [6, 6.07) is 3.27. The molecule has 0 aliphatic carbocycles. The summed E-state index contributed by atoms with van der Waals surface area (Å²) >= 11 is 11.7. The lowest BCUT2D eigenvalue weighted by atomic mass is 10.0. The Hall–Kier alpha value is -0.640. The van der Waals surface area contributed by atoms with Gasteiger partial charge in [-0.2, -0.15) is 0 Å². The molecule has 4 N–H and O–H groups in total. The van der Waals surface area contributed by atoms with Crippen molar-refractivity contribution < 1.29 is 5.11 Å². The number of benzene rings is 1. The minimum atomic E-state index is -0.757. The van der Waals surface area contributed by atoms with Crippen molar-refractivity contribution in [3.8, 4) is 0 Å². The minimum absolute atomic E-state index is 0.420. The van der Waals surface area contributed by atoms with Gasteiger partial charge in [-0.25, -0.2) is 0 Å². The molecule has 0 radical (unpaired) electrons. The number of halogens is 2. The number of aliphatic hydroxyl groups is 1. The van der Waals surface area contributed by atoms with Gasteiger partial charge in [-0.05, 0) is 25.5 Å². The van der Waals surface area contributed by atoms with Gasteiger partial charge in [0.2, 0.25) is 0 Å². The van der Waals surface area contributed by atoms with Crippen molar-refractivity contribution in [2.75, 3.05) is 17.6 Å². The molecule has 3 nitrogen and oxygen atoms in total. The van der Waals surface area contributed by atoms with Crippen molar-refractivity contribution in [3.05, 3.63) is 22.2 Å². The number of nitrogens with two attached hydrogens (primary N) is 1. The van der Waals surface area contributed by atoms with E-state index in [-0.39, 0.29) is 0 Å². The smallest absolute Gasteiger partial charge is 0.0791 e. The van der Waals surface area contributed by atoms with E-state index < -0.39 is 5.60 Å². The molecule has 0 amide bonds. The first-order chi connectivity index (χ1) is 7.85. The first-order valence-electron chi connectivity index (χ1n) is 5.56. The van der Waals surface area contributed by atoms with Gasteiger partial charge in [0, 0.05) is 6.54 Å². The fraction of sp³-hybridized carbons (Fsp3) is 0.500. The average Bonchev–Trinajstić information content (AvgIpc) is 2.21. The molecule has 1 atom stereocenters. The van der Waals surface area contributed by atoms with Gasteiger partial charge in [-0.3, -0.25) is 0 Å². The normalized spacial score (nSPS) is 14.4. The van der Waals surface area contributed by atoms with Crippen LogP contribution in [0.4, 0.5) is 11.4 Å². The quantitative estimate of drug-likeness (QED) is 0.721. The van der Waals surface area contributed by atoms with Crippen molar-refractivity contribution in [2.24, 2.45) is 0 Å². The molecule has 0 aliphatic heterocycles. The number of nitrogen functional groups attached to an aromatic ring is 1. The zero-order valence-corrected chi connectivity index (χ0v) is 11.6. The number of anilines is 2. The van der Waals surface area contributed by atoms with E-state index in [4.69, 9.17) is 28.9 Å². The Bertz CT molecular complexity index is 394. The highest BCUT2D eigenvalue weighted by Crippen LogP contribution is 2.31. The van der Waals surface area contributed by atoms with E-state index in [2.05, 4.69) is 5.32 Å². The molecular formula is C12H18Cl2N2O. The van der Waals surface area contributed by atoms with Gasteiger partial charge in [-0.15, -0.1) is 0 Å². The molecule has 0 aliphatic rings. The van der Waals surface area contributed by atoms with Crippen LogP contribution in [-0.2, 0) is 0 Å². The molecule has 0 heterocycles. The van der Waals surface area contributed by atoms with Crippen LogP contribution in [0, 0.1) is 0 Å². The summed E-state index contributed by atoms with van der Waals surface area (Å²) in [7, 11) is 0. The molecule has 96 valence electrons. The Labute approximate surface area is 112 Å². The molecule has 0 fully saturated rings. The van der Waals surface area contributed by atoms with Gasteiger partial charge in [0.15, 0.2) is 0 Å². The maximum Gasteiger partial charge on any atom is 0.0791 e. The first-order valence-corrected chi connectivity index (χ1v) is 6.32. The van der Waals surface area contributed by atoms with Crippen LogP contribution < -0.4 is 11.1 Å². The van der Waals surface area contributed by atoms with E-state index in [0.29, 0.717) is 28.0 Å². The van der Waals surface area contributed by atoms with Crippen molar-refractivity contribution in [1.82, 2.24) is 0 Å². The van der Waals surface area contributed by atoms with Gasteiger partial charge in [0.1, 0.15) is 0 Å². The lowest BCUT2D eigenvalue weighted by Gasteiger charge is -2.24. The van der Waals surface area contributed by atoms with Crippen LogP contribution in [0.5, 0.6) is 0 Å². The van der Waals surface area contributed by atoms with Crippen LogP contribution in [-0.4, -0.2) is 17.3 Å². The van der Waals surface area contributed by atoms with E-state index >= 15 is 0 Å². The van der Waals surface area contributed by atoms with Crippen molar-refractivity contribution in [3.63, 3.8) is 0 Å². The van der Waals surface area contributed by atoms with Crippen molar-refractivity contribution in [2.45, 2.75) is 32.3 Å². The number of rotatable bonds is 5. The fourth-order valence-corrected chi connectivity index (χ4v) is 1.96. The van der Waals surface area contributed by atoms with Crippen LogP contribution in [0.25, 0.3) is 0 Å². The van der Waals surface area contributed by atoms with Gasteiger partial charge < -0.3 is 16.2 Å². The van der Waals surface area contributed by atoms with E-state index in [1.54, 1.807) is 19.1 Å². The SMILES string of the molecule is CCCC(C)(O)CNc1cc(Cl)c(Cl)cc1N. The third-order valence-electron chi connectivity index (χ3n) is 2.54. The molecule has 1 aromatic rings. The Morgan fingerprint density at radius 3 is 2.53 bits per heavy atom. The second-order valence-electron chi connectivity index (χ2n) is 4.45. The minimum Gasteiger partial charge on any atom is -0.397 e. The Morgan fingerprint density at radius 1 is 1.35 bits per heavy atom. The number of nitrogens with one attached hydrogen (secondary N) is 1. The van der Waals surface area contributed by atoms with E-state index in [1.165, 1.54) is 0 Å². The summed E-state index contributed by atoms with van der Waals surface area (Å²) in [4.78, 5) is 0. The summed E-state index contributed by atoms with van der Waals surface area (Å²) in [5, 5.41) is 14.0. The molecule has 1 rings (SSSR count). The summed E-state index contributed by atoms with van der Waals surface area (Å²) < 4.78 is 0. The number of hydrogen-bond donors (Lipinski definition) is 3. The lowest BCUT2D eigenvalue weighted by Crippen LogP contribution is -2.33. The standard InChI is InChI=1S/C12H18Cl2N2O/c1-3-4-12(2,17)7-16-11-6-9(14)8(13)5-10(11)15/h5-6,16-17H,3-4,7,15H2,1-2H3. The largest absolute Gasteiger partial charge is 0.397 e. The molecule has 17 heavy (non-hydrogen) atoms. The summed E-state index contributed by atoms with van der Waals surface area (Å²) in [5.41, 5.74) is 6.26. The molecular weight excluding hydrogens is 259 g/mol. The highest BCUT2D eigenvalue weighted by molar-refractivity contribution is 6.42. The maximum atomic E-state index is 10.0.